The fourth-order valence-corrected chi connectivity index (χ4v) is 6.85. The van der Waals surface area contributed by atoms with Gasteiger partial charge in [-0.25, -0.2) is 0 Å². The lowest BCUT2D eigenvalue weighted by molar-refractivity contribution is -0.154. The second-order valence-corrected chi connectivity index (χ2v) is 11.3. The first kappa shape index (κ1) is 26.6. The number of aliphatic carboxylic acids is 1. The molecule has 1 saturated heterocycles. The molecule has 6 rings (SSSR count). The average molecular weight is 566 g/mol. The molecule has 0 spiro atoms. The lowest BCUT2D eigenvalue weighted by Gasteiger charge is -2.43. The molecule has 2 aliphatic heterocycles. The van der Waals surface area contributed by atoms with E-state index in [1.807, 2.05) is 24.3 Å². The van der Waals surface area contributed by atoms with Gasteiger partial charge in [-0.2, -0.15) is 0 Å². The maximum Gasteiger partial charge on any atom is 0.307 e. The van der Waals surface area contributed by atoms with Gasteiger partial charge in [0.15, 0.2) is 5.58 Å². The van der Waals surface area contributed by atoms with E-state index in [4.69, 9.17) is 20.9 Å². The number of hydrogen-bond acceptors (Lipinski definition) is 6. The number of halogens is 1. The van der Waals surface area contributed by atoms with Crippen molar-refractivity contribution in [3.05, 3.63) is 58.2 Å². The second kappa shape index (κ2) is 11.1. The molecule has 1 N–H and O–H groups in total. The molecular formula is C30H32ClN3O6. The zero-order chi connectivity index (χ0) is 27.8. The van der Waals surface area contributed by atoms with Crippen LogP contribution in [0.5, 0.6) is 5.75 Å². The minimum Gasteiger partial charge on any atom is -0.487 e. The monoisotopic (exact) mass is 565 g/mol. The predicted molar refractivity (Wildman–Crippen MR) is 147 cm³/mol. The summed E-state index contributed by atoms with van der Waals surface area (Å²) in [6, 6.07) is 10.7. The Morgan fingerprint density at radius 2 is 1.85 bits per heavy atom. The molecule has 2 aromatic carbocycles. The van der Waals surface area contributed by atoms with E-state index < -0.39 is 23.8 Å². The number of fused-ring (bicyclic) bond motifs is 2. The van der Waals surface area contributed by atoms with Crippen LogP contribution in [0.25, 0.3) is 11.0 Å². The maximum absolute atomic E-state index is 14.1. The highest BCUT2D eigenvalue weighted by molar-refractivity contribution is 6.31. The molecule has 9 nitrogen and oxygen atoms in total. The van der Waals surface area contributed by atoms with E-state index >= 15 is 0 Å². The molecule has 210 valence electrons. The lowest BCUT2D eigenvalue weighted by atomic mass is 9.77. The largest absolute Gasteiger partial charge is 0.487 e. The molecule has 0 radical (unpaired) electrons. The van der Waals surface area contributed by atoms with Crippen LogP contribution in [0.4, 0.5) is 0 Å². The minimum absolute atomic E-state index is 0.0548. The topological polar surface area (TPSA) is 113 Å². The highest BCUT2D eigenvalue weighted by atomic mass is 35.5. The number of para-hydroxylation sites is 1. The van der Waals surface area contributed by atoms with Crippen LogP contribution in [0, 0.1) is 11.8 Å². The van der Waals surface area contributed by atoms with Crippen molar-refractivity contribution >= 4 is 40.4 Å². The van der Waals surface area contributed by atoms with E-state index in [9.17, 15) is 19.5 Å². The van der Waals surface area contributed by atoms with Gasteiger partial charge in [0, 0.05) is 42.0 Å². The highest BCUT2D eigenvalue weighted by Crippen LogP contribution is 2.43. The van der Waals surface area contributed by atoms with Gasteiger partial charge in [-0.3, -0.25) is 14.4 Å². The molecule has 3 aromatic rings. The van der Waals surface area contributed by atoms with Crippen molar-refractivity contribution in [2.24, 2.45) is 11.8 Å². The molecular weight excluding hydrogens is 534 g/mol. The SMILES string of the molecule is O=C(O)C1CCCCC1C(=O)N1CCc2c(Cl)ccc(OCc3noc4ccccc34)c2[C@H]1CN1CCCC1=O. The minimum atomic E-state index is -0.923. The number of carboxylic acids is 1. The van der Waals surface area contributed by atoms with Crippen molar-refractivity contribution in [3.8, 4) is 5.75 Å². The van der Waals surface area contributed by atoms with Gasteiger partial charge in [-0.15, -0.1) is 0 Å². The highest BCUT2D eigenvalue weighted by Gasteiger charge is 2.43. The number of rotatable bonds is 7. The molecule has 1 saturated carbocycles. The van der Waals surface area contributed by atoms with Crippen LogP contribution < -0.4 is 4.74 Å². The van der Waals surface area contributed by atoms with Crippen LogP contribution >= 0.6 is 11.6 Å². The molecule has 3 aliphatic rings. The summed E-state index contributed by atoms with van der Waals surface area (Å²) in [7, 11) is 0. The Balaban J connectivity index is 1.36. The third-order valence-corrected chi connectivity index (χ3v) is 8.99. The van der Waals surface area contributed by atoms with Crippen molar-refractivity contribution in [1.82, 2.24) is 15.0 Å². The molecule has 2 fully saturated rings. The number of carbonyl (C=O) groups excluding carboxylic acids is 2. The van der Waals surface area contributed by atoms with Gasteiger partial charge in [0.05, 0.1) is 17.9 Å². The van der Waals surface area contributed by atoms with Gasteiger partial charge in [-0.05, 0) is 55.5 Å². The quantitative estimate of drug-likeness (QED) is 0.429. The Bertz CT molecular complexity index is 1450. The Labute approximate surface area is 237 Å². The summed E-state index contributed by atoms with van der Waals surface area (Å²) in [5, 5.41) is 15.5. The first-order chi connectivity index (χ1) is 19.4. The Kier molecular flexibility index (Phi) is 7.40. The van der Waals surface area contributed by atoms with Crippen LogP contribution in [0.15, 0.2) is 40.9 Å². The van der Waals surface area contributed by atoms with Crippen LogP contribution in [0.2, 0.25) is 5.02 Å². The molecule has 40 heavy (non-hydrogen) atoms. The fourth-order valence-electron chi connectivity index (χ4n) is 6.59. The van der Waals surface area contributed by atoms with E-state index in [0.717, 1.165) is 35.8 Å². The zero-order valence-corrected chi connectivity index (χ0v) is 22.9. The zero-order valence-electron chi connectivity index (χ0n) is 22.2. The molecule has 3 heterocycles. The summed E-state index contributed by atoms with van der Waals surface area (Å²) in [4.78, 5) is 42.5. The molecule has 0 bridgehead atoms. The van der Waals surface area contributed by atoms with Gasteiger partial charge >= 0.3 is 5.97 Å². The third kappa shape index (κ3) is 4.91. The van der Waals surface area contributed by atoms with Gasteiger partial charge in [0.1, 0.15) is 18.1 Å². The second-order valence-electron chi connectivity index (χ2n) is 10.9. The smallest absolute Gasteiger partial charge is 0.307 e. The normalized spacial score (nSPS) is 22.9. The maximum atomic E-state index is 14.1. The number of hydrogen-bond donors (Lipinski definition) is 1. The van der Waals surface area contributed by atoms with Crippen molar-refractivity contribution < 1.29 is 28.8 Å². The number of ether oxygens (including phenoxy) is 1. The molecule has 1 aliphatic carbocycles. The molecule has 1 aromatic heterocycles. The summed E-state index contributed by atoms with van der Waals surface area (Å²) in [5.41, 5.74) is 2.99. The van der Waals surface area contributed by atoms with Crippen LogP contribution in [0.3, 0.4) is 0 Å². The molecule has 3 atom stereocenters. The molecule has 2 amide bonds. The summed E-state index contributed by atoms with van der Waals surface area (Å²) in [5.74, 6) is -1.75. The van der Waals surface area contributed by atoms with Crippen molar-refractivity contribution in [2.75, 3.05) is 19.6 Å². The lowest BCUT2D eigenvalue weighted by Crippen LogP contribution is -2.50. The average Bonchev–Trinajstić information content (AvgIpc) is 3.58. The van der Waals surface area contributed by atoms with E-state index in [-0.39, 0.29) is 18.4 Å². The number of amides is 2. The van der Waals surface area contributed by atoms with Crippen molar-refractivity contribution in [2.45, 2.75) is 57.6 Å². The van der Waals surface area contributed by atoms with E-state index in [2.05, 4.69) is 5.16 Å². The number of benzene rings is 2. The first-order valence-electron chi connectivity index (χ1n) is 14.0. The van der Waals surface area contributed by atoms with Crippen molar-refractivity contribution in [3.63, 3.8) is 0 Å². The molecule has 2 unspecified atom stereocenters. The summed E-state index contributed by atoms with van der Waals surface area (Å²) < 4.78 is 11.8. The number of nitrogens with zero attached hydrogens (tertiary/aromatic N) is 3. The Morgan fingerprint density at radius 1 is 1.05 bits per heavy atom. The molecule has 10 heteroatoms. The van der Waals surface area contributed by atoms with Crippen LogP contribution in [-0.4, -0.2) is 57.5 Å². The predicted octanol–water partition coefficient (Wildman–Crippen LogP) is 5.00. The fraction of sp³-hybridized carbons (Fsp3) is 0.467. The number of carboxylic acid groups (broad SMARTS) is 1. The summed E-state index contributed by atoms with van der Waals surface area (Å²) in [6.45, 7) is 1.48. The van der Waals surface area contributed by atoms with E-state index in [1.54, 1.807) is 21.9 Å². The third-order valence-electron chi connectivity index (χ3n) is 8.64. The number of aromatic nitrogens is 1. The van der Waals surface area contributed by atoms with Gasteiger partial charge in [-0.1, -0.05) is 41.7 Å². The van der Waals surface area contributed by atoms with Gasteiger partial charge in [0.25, 0.3) is 0 Å². The van der Waals surface area contributed by atoms with Gasteiger partial charge < -0.3 is 24.2 Å². The Morgan fingerprint density at radius 3 is 2.62 bits per heavy atom. The van der Waals surface area contributed by atoms with Crippen LogP contribution in [0.1, 0.15) is 61.4 Å². The first-order valence-corrected chi connectivity index (χ1v) is 14.4. The van der Waals surface area contributed by atoms with Crippen LogP contribution in [-0.2, 0) is 27.4 Å². The summed E-state index contributed by atoms with van der Waals surface area (Å²) in [6.07, 6.45) is 4.44. The van der Waals surface area contributed by atoms with Gasteiger partial charge in [0.2, 0.25) is 11.8 Å². The standard InChI is InChI=1S/C30H32ClN3O6/c31-22-11-12-26(39-17-23-21-8-3-4-9-25(21)40-32-23)28-20(22)13-15-34(24(28)16-33-14-5-10-27(33)35)29(36)18-6-1-2-7-19(18)30(37)38/h3-4,8-9,11-12,18-19,24H,1-2,5-7,10,13-17H2,(H,37,38)/t18?,19?,24-/m1/s1. The van der Waals surface area contributed by atoms with Crippen molar-refractivity contribution in [1.29, 1.82) is 0 Å². The Hall–Kier alpha value is -3.59. The number of carbonyl (C=O) groups is 3. The number of likely N-dealkylation sites (tertiary alicyclic amines) is 1. The van der Waals surface area contributed by atoms with E-state index in [0.29, 0.717) is 67.4 Å². The summed E-state index contributed by atoms with van der Waals surface area (Å²) >= 11 is 6.70. The van der Waals surface area contributed by atoms with E-state index in [1.165, 1.54) is 0 Å².